The molecule has 8 heteroatoms. The van der Waals surface area contributed by atoms with Crippen molar-refractivity contribution in [1.29, 1.82) is 0 Å². The predicted molar refractivity (Wildman–Crippen MR) is 78.8 cm³/mol. The Morgan fingerprint density at radius 2 is 2.14 bits per heavy atom. The molecule has 1 aromatic heterocycles. The lowest BCUT2D eigenvalue weighted by Crippen LogP contribution is -2.24. The standard InChI is InChI=1S/C13H15FN4O2S/c1-8(2)15-4-3-12-16-17-13(21-12)9-5-10(14)7-11(6-9)18(19)20/h5-8,15H,3-4H2,1-2H3. The van der Waals surface area contributed by atoms with Crippen molar-refractivity contribution >= 4 is 17.0 Å². The number of nitrogens with one attached hydrogen (secondary N) is 1. The second-order valence-corrected chi connectivity index (χ2v) is 5.88. The molecular weight excluding hydrogens is 295 g/mol. The van der Waals surface area contributed by atoms with E-state index in [-0.39, 0.29) is 5.69 Å². The van der Waals surface area contributed by atoms with Gasteiger partial charge in [-0.1, -0.05) is 25.2 Å². The van der Waals surface area contributed by atoms with Gasteiger partial charge in [-0.05, 0) is 6.07 Å². The molecule has 0 saturated carbocycles. The van der Waals surface area contributed by atoms with Crippen molar-refractivity contribution in [3.63, 3.8) is 0 Å². The topological polar surface area (TPSA) is 81.0 Å². The van der Waals surface area contributed by atoms with Crippen molar-refractivity contribution in [3.05, 3.63) is 39.1 Å². The normalized spacial score (nSPS) is 11.0. The van der Waals surface area contributed by atoms with Crippen LogP contribution in [0.3, 0.4) is 0 Å². The van der Waals surface area contributed by atoms with E-state index in [2.05, 4.69) is 29.4 Å². The molecule has 0 bridgehead atoms. The Kier molecular flexibility index (Phi) is 4.92. The summed E-state index contributed by atoms with van der Waals surface area (Å²) in [5, 5.41) is 23.3. The number of halogens is 1. The van der Waals surface area contributed by atoms with Gasteiger partial charge in [0.1, 0.15) is 15.8 Å². The van der Waals surface area contributed by atoms with Gasteiger partial charge >= 0.3 is 0 Å². The second kappa shape index (κ2) is 6.68. The molecule has 2 rings (SSSR count). The minimum atomic E-state index is -0.655. The zero-order chi connectivity index (χ0) is 15.4. The Balaban J connectivity index is 2.15. The van der Waals surface area contributed by atoms with Gasteiger partial charge in [0.15, 0.2) is 0 Å². The van der Waals surface area contributed by atoms with Gasteiger partial charge in [0.05, 0.1) is 11.0 Å². The first-order chi connectivity index (χ1) is 9.95. The van der Waals surface area contributed by atoms with Crippen molar-refractivity contribution in [2.75, 3.05) is 6.54 Å². The van der Waals surface area contributed by atoms with E-state index in [9.17, 15) is 14.5 Å². The third-order valence-electron chi connectivity index (χ3n) is 2.70. The molecule has 2 aromatic rings. The Bertz CT molecular complexity index is 645. The van der Waals surface area contributed by atoms with Crippen molar-refractivity contribution < 1.29 is 9.31 Å². The van der Waals surface area contributed by atoms with E-state index in [0.717, 1.165) is 17.6 Å². The first-order valence-electron chi connectivity index (χ1n) is 6.47. The number of aromatic nitrogens is 2. The number of benzene rings is 1. The van der Waals surface area contributed by atoms with Gasteiger partial charge in [-0.2, -0.15) is 0 Å². The molecule has 0 fully saturated rings. The summed E-state index contributed by atoms with van der Waals surface area (Å²) in [5.74, 6) is -0.655. The van der Waals surface area contributed by atoms with Crippen LogP contribution in [0.2, 0.25) is 0 Å². The van der Waals surface area contributed by atoms with E-state index >= 15 is 0 Å². The van der Waals surface area contributed by atoms with Gasteiger partial charge in [0, 0.05) is 30.6 Å². The van der Waals surface area contributed by atoms with Crippen LogP contribution in [0.4, 0.5) is 10.1 Å². The Hall–Kier alpha value is -1.93. The maximum absolute atomic E-state index is 13.4. The molecule has 0 atom stereocenters. The monoisotopic (exact) mass is 310 g/mol. The fourth-order valence-electron chi connectivity index (χ4n) is 1.74. The molecule has 0 saturated heterocycles. The van der Waals surface area contributed by atoms with Crippen molar-refractivity contribution in [3.8, 4) is 10.6 Å². The molecule has 1 N–H and O–H groups in total. The second-order valence-electron chi connectivity index (χ2n) is 4.81. The number of nitrogens with zero attached hydrogens (tertiary/aromatic N) is 3. The average Bonchev–Trinajstić information content (AvgIpc) is 2.86. The molecular formula is C13H15FN4O2S. The van der Waals surface area contributed by atoms with Crippen LogP contribution in [0.25, 0.3) is 10.6 Å². The first kappa shape index (κ1) is 15.5. The molecule has 0 aliphatic rings. The Morgan fingerprint density at radius 1 is 1.38 bits per heavy atom. The van der Waals surface area contributed by atoms with Crippen LogP contribution in [0.15, 0.2) is 18.2 Å². The van der Waals surface area contributed by atoms with Crippen LogP contribution >= 0.6 is 11.3 Å². The van der Waals surface area contributed by atoms with E-state index in [1.165, 1.54) is 23.5 Å². The molecule has 6 nitrogen and oxygen atoms in total. The minimum Gasteiger partial charge on any atom is -0.314 e. The summed E-state index contributed by atoms with van der Waals surface area (Å²) in [5.41, 5.74) is 0.0884. The van der Waals surface area contributed by atoms with E-state index < -0.39 is 10.7 Å². The fraction of sp³-hybridized carbons (Fsp3) is 0.385. The van der Waals surface area contributed by atoms with Crippen LogP contribution in [-0.4, -0.2) is 27.7 Å². The van der Waals surface area contributed by atoms with E-state index in [4.69, 9.17) is 0 Å². The SMILES string of the molecule is CC(C)NCCc1nnc(-c2cc(F)cc([N+](=O)[O-])c2)s1. The van der Waals surface area contributed by atoms with Crippen LogP contribution < -0.4 is 5.32 Å². The zero-order valence-corrected chi connectivity index (χ0v) is 12.5. The highest BCUT2D eigenvalue weighted by Gasteiger charge is 2.14. The van der Waals surface area contributed by atoms with Gasteiger partial charge in [-0.3, -0.25) is 10.1 Å². The summed E-state index contributed by atoms with van der Waals surface area (Å²) in [7, 11) is 0. The van der Waals surface area contributed by atoms with Crippen molar-refractivity contribution in [1.82, 2.24) is 15.5 Å². The lowest BCUT2D eigenvalue weighted by molar-refractivity contribution is -0.385. The molecule has 0 radical (unpaired) electrons. The molecule has 0 unspecified atom stereocenters. The third kappa shape index (κ3) is 4.27. The summed E-state index contributed by atoms with van der Waals surface area (Å²) in [6.45, 7) is 4.88. The maximum atomic E-state index is 13.4. The summed E-state index contributed by atoms with van der Waals surface area (Å²) in [6, 6.07) is 3.81. The number of nitro groups is 1. The van der Waals surface area contributed by atoms with E-state index in [1.807, 2.05) is 0 Å². The number of hydrogen-bond donors (Lipinski definition) is 1. The van der Waals surface area contributed by atoms with Gasteiger partial charge in [-0.15, -0.1) is 10.2 Å². The van der Waals surface area contributed by atoms with Crippen LogP contribution in [0.1, 0.15) is 18.9 Å². The van der Waals surface area contributed by atoms with Crippen LogP contribution in [-0.2, 0) is 6.42 Å². The average molecular weight is 310 g/mol. The Labute approximate surface area is 125 Å². The number of nitro benzene ring substituents is 1. The van der Waals surface area contributed by atoms with Crippen LogP contribution in [0.5, 0.6) is 0 Å². The first-order valence-corrected chi connectivity index (χ1v) is 7.28. The van der Waals surface area contributed by atoms with Gasteiger partial charge < -0.3 is 5.32 Å². The maximum Gasteiger partial charge on any atom is 0.273 e. The molecule has 1 aromatic carbocycles. The Morgan fingerprint density at radius 3 is 2.81 bits per heavy atom. The molecule has 0 amide bonds. The lowest BCUT2D eigenvalue weighted by Gasteiger charge is -2.05. The predicted octanol–water partition coefficient (Wildman–Crippen LogP) is 2.79. The van der Waals surface area contributed by atoms with Crippen LogP contribution in [0, 0.1) is 15.9 Å². The van der Waals surface area contributed by atoms with E-state index in [0.29, 0.717) is 23.0 Å². The molecule has 1 heterocycles. The summed E-state index contributed by atoms with van der Waals surface area (Å²) in [4.78, 5) is 10.1. The van der Waals surface area contributed by atoms with E-state index in [1.54, 1.807) is 0 Å². The molecule has 0 aliphatic heterocycles. The highest BCUT2D eigenvalue weighted by Crippen LogP contribution is 2.28. The molecule has 0 spiro atoms. The quantitative estimate of drug-likeness (QED) is 0.655. The summed E-state index contributed by atoms with van der Waals surface area (Å²) in [6.07, 6.45) is 0.716. The minimum absolute atomic E-state index is 0.289. The lowest BCUT2D eigenvalue weighted by atomic mass is 10.2. The highest BCUT2D eigenvalue weighted by molar-refractivity contribution is 7.14. The zero-order valence-electron chi connectivity index (χ0n) is 11.7. The third-order valence-corrected chi connectivity index (χ3v) is 3.73. The summed E-state index contributed by atoms with van der Waals surface area (Å²) >= 11 is 1.32. The molecule has 112 valence electrons. The smallest absolute Gasteiger partial charge is 0.273 e. The van der Waals surface area contributed by atoms with Crippen molar-refractivity contribution in [2.45, 2.75) is 26.3 Å². The fourth-order valence-corrected chi connectivity index (χ4v) is 2.57. The van der Waals surface area contributed by atoms with Gasteiger partial charge in [-0.25, -0.2) is 4.39 Å². The van der Waals surface area contributed by atoms with Gasteiger partial charge in [0.2, 0.25) is 0 Å². The highest BCUT2D eigenvalue weighted by atomic mass is 32.1. The number of non-ortho nitro benzene ring substituents is 1. The molecule has 21 heavy (non-hydrogen) atoms. The van der Waals surface area contributed by atoms with Crippen molar-refractivity contribution in [2.24, 2.45) is 0 Å². The number of hydrogen-bond acceptors (Lipinski definition) is 6. The summed E-state index contributed by atoms with van der Waals surface area (Å²) < 4.78 is 13.4. The number of rotatable bonds is 6. The molecule has 0 aliphatic carbocycles. The van der Waals surface area contributed by atoms with Gasteiger partial charge in [0.25, 0.3) is 5.69 Å². The largest absolute Gasteiger partial charge is 0.314 e.